The van der Waals surface area contributed by atoms with E-state index < -0.39 is 0 Å². The van der Waals surface area contributed by atoms with Crippen molar-refractivity contribution in [2.24, 2.45) is 0 Å². The molecule has 1 fully saturated rings. The van der Waals surface area contributed by atoms with Crippen LogP contribution >= 0.6 is 0 Å². The molecule has 0 spiro atoms. The fraction of sp³-hybridized carbons (Fsp3) is 0.346. The van der Waals surface area contributed by atoms with Gasteiger partial charge in [-0.25, -0.2) is 4.68 Å². The highest BCUT2D eigenvalue weighted by Crippen LogP contribution is 2.35. The number of aromatic nitrogens is 4. The van der Waals surface area contributed by atoms with Crippen LogP contribution in [0.2, 0.25) is 0 Å². The molecule has 0 radical (unpaired) electrons. The first-order valence-corrected chi connectivity index (χ1v) is 11.6. The molecular formula is C26H30N6O2. The van der Waals surface area contributed by atoms with E-state index in [9.17, 15) is 0 Å². The van der Waals surface area contributed by atoms with Crippen LogP contribution in [0.4, 0.5) is 5.69 Å². The number of rotatable bonds is 7. The van der Waals surface area contributed by atoms with Crippen LogP contribution in [0.15, 0.2) is 65.3 Å². The number of furan rings is 1. The summed E-state index contributed by atoms with van der Waals surface area (Å²) in [7, 11) is 1.71. The molecule has 2 aromatic carbocycles. The molecule has 3 heterocycles. The molecule has 8 heteroatoms. The Kier molecular flexibility index (Phi) is 6.31. The van der Waals surface area contributed by atoms with Gasteiger partial charge in [-0.05, 0) is 59.7 Å². The standard InChI is InChI=1S/C26H30N6O2/c1-19-8-6-11-23(20(19)2)30-13-15-31(16-14-30)25(22-10-4-5-12-24(22)33-3)26-27-28-29-32(26)18-21-9-7-17-34-21/h4-12,17,25H,13-16,18H2,1-3H3/t25-/m1/s1. The zero-order valence-electron chi connectivity index (χ0n) is 19.9. The second-order valence-electron chi connectivity index (χ2n) is 8.66. The predicted octanol–water partition coefficient (Wildman–Crippen LogP) is 3.85. The number of anilines is 1. The quantitative estimate of drug-likeness (QED) is 0.416. The first-order valence-electron chi connectivity index (χ1n) is 11.6. The molecule has 4 aromatic rings. The summed E-state index contributed by atoms with van der Waals surface area (Å²) in [4.78, 5) is 4.92. The van der Waals surface area contributed by atoms with Gasteiger partial charge in [-0.3, -0.25) is 4.90 Å². The molecule has 34 heavy (non-hydrogen) atoms. The monoisotopic (exact) mass is 458 g/mol. The van der Waals surface area contributed by atoms with Gasteiger partial charge in [0, 0.05) is 37.4 Å². The van der Waals surface area contributed by atoms with Gasteiger partial charge in [0.25, 0.3) is 0 Å². The Labute approximate surface area is 199 Å². The Morgan fingerprint density at radius 1 is 0.971 bits per heavy atom. The van der Waals surface area contributed by atoms with E-state index in [1.54, 1.807) is 13.4 Å². The molecule has 176 valence electrons. The van der Waals surface area contributed by atoms with E-state index in [1.807, 2.05) is 35.0 Å². The van der Waals surface area contributed by atoms with E-state index in [0.29, 0.717) is 6.54 Å². The fourth-order valence-corrected chi connectivity index (χ4v) is 4.76. The first kappa shape index (κ1) is 22.2. The zero-order chi connectivity index (χ0) is 23.5. The Bertz CT molecular complexity index is 1230. The van der Waals surface area contributed by atoms with Gasteiger partial charge >= 0.3 is 0 Å². The normalized spacial score (nSPS) is 15.4. The lowest BCUT2D eigenvalue weighted by Crippen LogP contribution is -2.48. The van der Waals surface area contributed by atoms with Gasteiger partial charge in [-0.2, -0.15) is 0 Å². The van der Waals surface area contributed by atoms with Gasteiger partial charge in [0.1, 0.15) is 24.1 Å². The number of hydrogen-bond donors (Lipinski definition) is 0. The number of tetrazole rings is 1. The minimum absolute atomic E-state index is 0.137. The largest absolute Gasteiger partial charge is 0.496 e. The highest BCUT2D eigenvalue weighted by molar-refractivity contribution is 5.56. The van der Waals surface area contributed by atoms with Crippen molar-refractivity contribution in [3.63, 3.8) is 0 Å². The second kappa shape index (κ2) is 9.69. The van der Waals surface area contributed by atoms with Crippen molar-refractivity contribution < 1.29 is 9.15 Å². The summed E-state index contributed by atoms with van der Waals surface area (Å²) in [5.41, 5.74) is 5.04. The Morgan fingerprint density at radius 2 is 1.79 bits per heavy atom. The third-order valence-corrected chi connectivity index (χ3v) is 6.72. The summed E-state index contributed by atoms with van der Waals surface area (Å²) in [6, 6.07) is 18.3. The average molecular weight is 459 g/mol. The molecule has 0 bridgehead atoms. The van der Waals surface area contributed by atoms with Gasteiger partial charge < -0.3 is 14.1 Å². The maximum absolute atomic E-state index is 5.75. The molecule has 1 atom stereocenters. The van der Waals surface area contributed by atoms with Crippen molar-refractivity contribution >= 4 is 5.69 Å². The molecular weight excluding hydrogens is 428 g/mol. The molecule has 0 amide bonds. The van der Waals surface area contributed by atoms with Gasteiger partial charge in [-0.15, -0.1) is 5.10 Å². The number of para-hydroxylation sites is 1. The molecule has 2 aromatic heterocycles. The third-order valence-electron chi connectivity index (χ3n) is 6.72. The van der Waals surface area contributed by atoms with Crippen molar-refractivity contribution in [2.45, 2.75) is 26.4 Å². The maximum Gasteiger partial charge on any atom is 0.173 e. The second-order valence-corrected chi connectivity index (χ2v) is 8.66. The van der Waals surface area contributed by atoms with Crippen molar-refractivity contribution in [1.82, 2.24) is 25.1 Å². The van der Waals surface area contributed by atoms with E-state index in [0.717, 1.165) is 49.1 Å². The smallest absolute Gasteiger partial charge is 0.173 e. The van der Waals surface area contributed by atoms with Gasteiger partial charge in [0.15, 0.2) is 5.82 Å². The van der Waals surface area contributed by atoms with Crippen LogP contribution in [0.3, 0.4) is 0 Å². The maximum atomic E-state index is 5.75. The van der Waals surface area contributed by atoms with E-state index in [2.05, 4.69) is 63.4 Å². The molecule has 0 saturated carbocycles. The predicted molar refractivity (Wildman–Crippen MR) is 130 cm³/mol. The van der Waals surface area contributed by atoms with Crippen LogP contribution in [0, 0.1) is 13.8 Å². The van der Waals surface area contributed by atoms with Crippen LogP contribution in [0.5, 0.6) is 5.75 Å². The SMILES string of the molecule is COc1ccccc1[C@H](c1nnnn1Cc1ccco1)N1CCN(c2cccc(C)c2C)CC1. The van der Waals surface area contributed by atoms with Gasteiger partial charge in [0.05, 0.1) is 13.4 Å². The Hall–Kier alpha value is -3.65. The zero-order valence-corrected chi connectivity index (χ0v) is 19.9. The minimum Gasteiger partial charge on any atom is -0.496 e. The summed E-state index contributed by atoms with van der Waals surface area (Å²) in [6.07, 6.45) is 1.67. The van der Waals surface area contributed by atoms with Crippen molar-refractivity contribution in [1.29, 1.82) is 0 Å². The summed E-state index contributed by atoms with van der Waals surface area (Å²) in [6.45, 7) is 8.46. The molecule has 0 N–H and O–H groups in total. The molecule has 0 unspecified atom stereocenters. The lowest BCUT2D eigenvalue weighted by atomic mass is 10.0. The summed E-state index contributed by atoms with van der Waals surface area (Å²) < 4.78 is 13.1. The van der Waals surface area contributed by atoms with Gasteiger partial charge in [-0.1, -0.05) is 30.3 Å². The van der Waals surface area contributed by atoms with E-state index in [1.165, 1.54) is 16.8 Å². The molecule has 0 aliphatic carbocycles. The first-order chi connectivity index (χ1) is 16.7. The number of benzene rings is 2. The van der Waals surface area contributed by atoms with Crippen molar-refractivity contribution in [3.05, 3.63) is 89.1 Å². The van der Waals surface area contributed by atoms with Crippen LogP contribution < -0.4 is 9.64 Å². The van der Waals surface area contributed by atoms with Gasteiger partial charge in [0.2, 0.25) is 0 Å². The number of methoxy groups -OCH3 is 1. The lowest BCUT2D eigenvalue weighted by Gasteiger charge is -2.40. The molecule has 1 aliphatic heterocycles. The topological polar surface area (TPSA) is 72.4 Å². The number of ether oxygens (including phenoxy) is 1. The Balaban J connectivity index is 1.46. The summed E-state index contributed by atoms with van der Waals surface area (Å²) >= 11 is 0. The van der Waals surface area contributed by atoms with Crippen LogP contribution in [-0.2, 0) is 6.54 Å². The molecule has 5 rings (SSSR count). The van der Waals surface area contributed by atoms with Crippen LogP contribution in [0.1, 0.15) is 34.3 Å². The number of nitrogens with zero attached hydrogens (tertiary/aromatic N) is 6. The van der Waals surface area contributed by atoms with E-state index >= 15 is 0 Å². The molecule has 1 saturated heterocycles. The van der Waals surface area contributed by atoms with Crippen molar-refractivity contribution in [2.75, 3.05) is 38.2 Å². The third kappa shape index (κ3) is 4.28. The molecule has 1 aliphatic rings. The van der Waals surface area contributed by atoms with Crippen molar-refractivity contribution in [3.8, 4) is 5.75 Å². The number of piperazine rings is 1. The summed E-state index contributed by atoms with van der Waals surface area (Å²) in [5, 5.41) is 12.8. The lowest BCUT2D eigenvalue weighted by molar-refractivity contribution is 0.197. The summed E-state index contributed by atoms with van der Waals surface area (Å²) in [5.74, 6) is 2.42. The van der Waals surface area contributed by atoms with E-state index in [4.69, 9.17) is 9.15 Å². The van der Waals surface area contributed by atoms with Crippen LogP contribution in [0.25, 0.3) is 0 Å². The van der Waals surface area contributed by atoms with Crippen LogP contribution in [-0.4, -0.2) is 58.4 Å². The average Bonchev–Trinajstić information content (AvgIpc) is 3.55. The Morgan fingerprint density at radius 3 is 2.56 bits per heavy atom. The highest BCUT2D eigenvalue weighted by Gasteiger charge is 2.33. The van der Waals surface area contributed by atoms with E-state index in [-0.39, 0.29) is 6.04 Å². The molecule has 8 nitrogen and oxygen atoms in total. The minimum atomic E-state index is -0.137. The number of aryl methyl sites for hydroxylation is 1. The fourth-order valence-electron chi connectivity index (χ4n) is 4.76. The highest BCUT2D eigenvalue weighted by atomic mass is 16.5. The number of hydrogen-bond acceptors (Lipinski definition) is 7.